The predicted molar refractivity (Wildman–Crippen MR) is 101 cm³/mol. The molecule has 1 heterocycles. The van der Waals surface area contributed by atoms with Crippen molar-refractivity contribution in [2.45, 2.75) is 32.0 Å². The van der Waals surface area contributed by atoms with E-state index in [0.29, 0.717) is 28.4 Å². The SMILES string of the molecule is CC[C@@H](C)NC(=O)[C@]1(O)c2ccccc2NC(=O)N1c1ccc(Cl)cc1. The minimum atomic E-state index is -2.18. The molecule has 1 aliphatic heterocycles. The molecule has 0 spiro atoms. The Morgan fingerprint density at radius 2 is 1.92 bits per heavy atom. The number of carbonyl (C=O) groups is 2. The number of rotatable bonds is 4. The zero-order valence-electron chi connectivity index (χ0n) is 14.5. The van der Waals surface area contributed by atoms with Crippen LogP contribution in [-0.2, 0) is 10.5 Å². The van der Waals surface area contributed by atoms with Gasteiger partial charge in [0.25, 0.3) is 11.6 Å². The largest absolute Gasteiger partial charge is 0.359 e. The van der Waals surface area contributed by atoms with Crippen LogP contribution in [0.15, 0.2) is 48.5 Å². The van der Waals surface area contributed by atoms with E-state index in [1.54, 1.807) is 48.5 Å². The Morgan fingerprint density at radius 3 is 2.58 bits per heavy atom. The quantitative estimate of drug-likeness (QED) is 0.767. The molecule has 26 heavy (non-hydrogen) atoms. The number of aliphatic hydroxyl groups is 1. The van der Waals surface area contributed by atoms with Crippen molar-refractivity contribution in [2.75, 3.05) is 10.2 Å². The average Bonchev–Trinajstić information content (AvgIpc) is 2.63. The van der Waals surface area contributed by atoms with Gasteiger partial charge in [-0.25, -0.2) is 4.79 Å². The van der Waals surface area contributed by atoms with E-state index in [9.17, 15) is 14.7 Å². The number of benzene rings is 2. The Morgan fingerprint density at radius 1 is 1.27 bits per heavy atom. The first kappa shape index (κ1) is 18.2. The fraction of sp³-hybridized carbons (Fsp3) is 0.263. The molecule has 7 heteroatoms. The lowest BCUT2D eigenvalue weighted by Crippen LogP contribution is -2.63. The Balaban J connectivity index is 2.16. The number of hydrogen-bond acceptors (Lipinski definition) is 3. The molecule has 2 atom stereocenters. The summed E-state index contributed by atoms with van der Waals surface area (Å²) in [5.74, 6) is -0.663. The summed E-state index contributed by atoms with van der Waals surface area (Å²) in [6.45, 7) is 3.76. The first-order valence-corrected chi connectivity index (χ1v) is 8.75. The Labute approximate surface area is 156 Å². The lowest BCUT2D eigenvalue weighted by molar-refractivity contribution is -0.140. The maximum absolute atomic E-state index is 13.0. The van der Waals surface area contributed by atoms with E-state index >= 15 is 0 Å². The third-order valence-corrected chi connectivity index (χ3v) is 4.71. The van der Waals surface area contributed by atoms with Crippen molar-refractivity contribution in [3.8, 4) is 0 Å². The minimum absolute atomic E-state index is 0.157. The average molecular weight is 374 g/mol. The summed E-state index contributed by atoms with van der Waals surface area (Å²) < 4.78 is 0. The van der Waals surface area contributed by atoms with Crippen molar-refractivity contribution in [3.05, 3.63) is 59.1 Å². The molecule has 0 unspecified atom stereocenters. The van der Waals surface area contributed by atoms with Crippen molar-refractivity contribution < 1.29 is 14.7 Å². The maximum atomic E-state index is 13.0. The number of anilines is 2. The number of fused-ring (bicyclic) bond motifs is 1. The Kier molecular flexibility index (Phi) is 4.89. The van der Waals surface area contributed by atoms with E-state index in [4.69, 9.17) is 11.6 Å². The van der Waals surface area contributed by atoms with E-state index < -0.39 is 17.7 Å². The number of halogens is 1. The van der Waals surface area contributed by atoms with Gasteiger partial charge in [0.05, 0.1) is 5.69 Å². The first-order chi connectivity index (χ1) is 12.4. The molecule has 0 aromatic heterocycles. The fourth-order valence-corrected chi connectivity index (χ4v) is 3.01. The second kappa shape index (κ2) is 6.97. The van der Waals surface area contributed by atoms with E-state index in [-0.39, 0.29) is 6.04 Å². The van der Waals surface area contributed by atoms with Crippen LogP contribution in [0.5, 0.6) is 0 Å². The summed E-state index contributed by atoms with van der Waals surface area (Å²) >= 11 is 5.93. The lowest BCUT2D eigenvalue weighted by atomic mass is 9.94. The highest BCUT2D eigenvalue weighted by molar-refractivity contribution is 6.30. The van der Waals surface area contributed by atoms with Gasteiger partial charge in [-0.1, -0.05) is 36.7 Å². The topological polar surface area (TPSA) is 81.7 Å². The molecule has 3 N–H and O–H groups in total. The summed E-state index contributed by atoms with van der Waals surface area (Å²) in [4.78, 5) is 26.8. The van der Waals surface area contributed by atoms with Gasteiger partial charge < -0.3 is 15.7 Å². The van der Waals surface area contributed by atoms with Crippen LogP contribution in [0.25, 0.3) is 0 Å². The van der Waals surface area contributed by atoms with Gasteiger partial charge in [-0.05, 0) is 43.7 Å². The minimum Gasteiger partial charge on any atom is -0.359 e. The molecule has 0 bridgehead atoms. The molecule has 0 fully saturated rings. The normalized spacial score (nSPS) is 20.2. The van der Waals surface area contributed by atoms with E-state index in [0.717, 1.165) is 4.90 Å². The molecule has 3 amide bonds. The van der Waals surface area contributed by atoms with Crippen LogP contribution in [0.3, 0.4) is 0 Å². The predicted octanol–water partition coefficient (Wildman–Crippen LogP) is 3.45. The van der Waals surface area contributed by atoms with Gasteiger partial charge >= 0.3 is 6.03 Å². The molecular weight excluding hydrogens is 354 g/mol. The monoisotopic (exact) mass is 373 g/mol. The van der Waals surface area contributed by atoms with Gasteiger partial charge in [-0.15, -0.1) is 0 Å². The van der Waals surface area contributed by atoms with Crippen molar-refractivity contribution in [1.29, 1.82) is 0 Å². The van der Waals surface area contributed by atoms with Crippen molar-refractivity contribution in [2.24, 2.45) is 0 Å². The molecule has 3 rings (SSSR count). The number of urea groups is 1. The van der Waals surface area contributed by atoms with Crippen molar-refractivity contribution >= 4 is 34.9 Å². The lowest BCUT2D eigenvalue weighted by Gasteiger charge is -2.43. The summed E-state index contributed by atoms with van der Waals surface area (Å²) in [7, 11) is 0. The van der Waals surface area contributed by atoms with Crippen molar-refractivity contribution in [3.63, 3.8) is 0 Å². The summed E-state index contributed by atoms with van der Waals surface area (Å²) in [6.07, 6.45) is 0.691. The molecule has 0 saturated heterocycles. The number of hydrogen-bond donors (Lipinski definition) is 3. The zero-order chi connectivity index (χ0) is 18.9. The Bertz CT molecular complexity index is 840. The van der Waals surface area contributed by atoms with Crippen LogP contribution in [0, 0.1) is 0 Å². The molecule has 0 aliphatic carbocycles. The highest BCUT2D eigenvalue weighted by Gasteiger charge is 2.52. The highest BCUT2D eigenvalue weighted by Crippen LogP contribution is 2.40. The number of nitrogens with one attached hydrogen (secondary N) is 2. The van der Waals surface area contributed by atoms with E-state index in [1.165, 1.54) is 0 Å². The second-order valence-electron chi connectivity index (χ2n) is 6.24. The summed E-state index contributed by atoms with van der Waals surface area (Å²) in [6, 6.07) is 12.3. The summed E-state index contributed by atoms with van der Waals surface area (Å²) in [5.41, 5.74) is -1.14. The number of para-hydroxylation sites is 1. The van der Waals surface area contributed by atoms with Gasteiger partial charge in [-0.3, -0.25) is 9.69 Å². The molecule has 1 aliphatic rings. The van der Waals surface area contributed by atoms with Gasteiger partial charge in [-0.2, -0.15) is 0 Å². The van der Waals surface area contributed by atoms with Gasteiger partial charge in [0, 0.05) is 22.3 Å². The van der Waals surface area contributed by atoms with E-state index in [2.05, 4.69) is 10.6 Å². The molecule has 6 nitrogen and oxygen atoms in total. The van der Waals surface area contributed by atoms with Crippen LogP contribution >= 0.6 is 11.6 Å². The highest BCUT2D eigenvalue weighted by atomic mass is 35.5. The van der Waals surface area contributed by atoms with E-state index in [1.807, 2.05) is 13.8 Å². The van der Waals surface area contributed by atoms with Gasteiger partial charge in [0.1, 0.15) is 0 Å². The fourth-order valence-electron chi connectivity index (χ4n) is 2.88. The van der Waals surface area contributed by atoms with Crippen LogP contribution in [0.4, 0.5) is 16.2 Å². The number of amides is 3. The molecule has 136 valence electrons. The van der Waals surface area contributed by atoms with Crippen LogP contribution < -0.4 is 15.5 Å². The number of nitrogens with zero attached hydrogens (tertiary/aromatic N) is 1. The second-order valence-corrected chi connectivity index (χ2v) is 6.68. The molecule has 0 saturated carbocycles. The smallest absolute Gasteiger partial charge is 0.329 e. The maximum Gasteiger partial charge on any atom is 0.329 e. The third-order valence-electron chi connectivity index (χ3n) is 4.46. The molecule has 2 aromatic rings. The standard InChI is InChI=1S/C19H20ClN3O3/c1-3-12(2)21-17(24)19(26)15-6-4-5-7-16(15)22-18(25)23(19)14-10-8-13(20)9-11-14/h4-12,26H,3H2,1-2H3,(H,21,24)(H,22,25)/t12-,19-/m1/s1. The first-order valence-electron chi connectivity index (χ1n) is 8.37. The number of carbonyl (C=O) groups excluding carboxylic acids is 2. The van der Waals surface area contributed by atoms with Crippen LogP contribution in [0.1, 0.15) is 25.8 Å². The zero-order valence-corrected chi connectivity index (χ0v) is 15.2. The van der Waals surface area contributed by atoms with Crippen LogP contribution in [0.2, 0.25) is 5.02 Å². The van der Waals surface area contributed by atoms with Gasteiger partial charge in [0.2, 0.25) is 0 Å². The van der Waals surface area contributed by atoms with Crippen LogP contribution in [-0.4, -0.2) is 23.1 Å². The Hall–Kier alpha value is -2.57. The summed E-state index contributed by atoms with van der Waals surface area (Å²) in [5, 5.41) is 17.5. The van der Waals surface area contributed by atoms with Gasteiger partial charge in [0.15, 0.2) is 0 Å². The molecule has 0 radical (unpaired) electrons. The van der Waals surface area contributed by atoms with Crippen molar-refractivity contribution in [1.82, 2.24) is 5.32 Å². The molecule has 2 aromatic carbocycles. The third kappa shape index (κ3) is 3.02. The molecular formula is C19H20ClN3O3.